The van der Waals surface area contributed by atoms with Gasteiger partial charge in [0, 0.05) is 16.9 Å². The van der Waals surface area contributed by atoms with Crippen LogP contribution in [0.5, 0.6) is 0 Å². The van der Waals surface area contributed by atoms with E-state index in [2.05, 4.69) is 46.2 Å². The van der Waals surface area contributed by atoms with Gasteiger partial charge in [-0.05, 0) is 35.7 Å². The number of hydrogen-bond donors (Lipinski definition) is 0. The SMILES string of the molecule is CCc1cc(Br)ccc1Cn1cccn1. The molecule has 0 fully saturated rings. The fourth-order valence-electron chi connectivity index (χ4n) is 1.65. The van der Waals surface area contributed by atoms with E-state index in [4.69, 9.17) is 0 Å². The van der Waals surface area contributed by atoms with Crippen LogP contribution >= 0.6 is 15.9 Å². The van der Waals surface area contributed by atoms with Crippen molar-refractivity contribution in [1.29, 1.82) is 0 Å². The number of aromatic nitrogens is 2. The quantitative estimate of drug-likeness (QED) is 0.832. The molecule has 0 aliphatic carbocycles. The lowest BCUT2D eigenvalue weighted by molar-refractivity contribution is 0.681. The highest BCUT2D eigenvalue weighted by Crippen LogP contribution is 2.18. The van der Waals surface area contributed by atoms with Crippen molar-refractivity contribution in [2.45, 2.75) is 19.9 Å². The molecule has 0 saturated heterocycles. The summed E-state index contributed by atoms with van der Waals surface area (Å²) in [4.78, 5) is 0. The van der Waals surface area contributed by atoms with Crippen molar-refractivity contribution in [2.75, 3.05) is 0 Å². The number of rotatable bonds is 3. The smallest absolute Gasteiger partial charge is 0.0662 e. The van der Waals surface area contributed by atoms with Crippen LogP contribution in [0.25, 0.3) is 0 Å². The molecule has 0 N–H and O–H groups in total. The molecule has 0 bridgehead atoms. The fourth-order valence-corrected chi connectivity index (χ4v) is 2.05. The highest BCUT2D eigenvalue weighted by atomic mass is 79.9. The summed E-state index contributed by atoms with van der Waals surface area (Å²) in [5.74, 6) is 0. The summed E-state index contributed by atoms with van der Waals surface area (Å²) < 4.78 is 3.09. The topological polar surface area (TPSA) is 17.8 Å². The third-order valence-corrected chi connectivity index (χ3v) is 2.93. The molecule has 2 rings (SSSR count). The summed E-state index contributed by atoms with van der Waals surface area (Å²) in [5.41, 5.74) is 2.71. The minimum absolute atomic E-state index is 0.851. The summed E-state index contributed by atoms with van der Waals surface area (Å²) in [6.07, 6.45) is 4.85. The Morgan fingerprint density at radius 3 is 2.87 bits per heavy atom. The monoisotopic (exact) mass is 264 g/mol. The molecule has 1 aromatic carbocycles. The molecule has 15 heavy (non-hydrogen) atoms. The van der Waals surface area contributed by atoms with Crippen LogP contribution in [0.1, 0.15) is 18.1 Å². The summed E-state index contributed by atoms with van der Waals surface area (Å²) in [5, 5.41) is 4.21. The minimum Gasteiger partial charge on any atom is -0.268 e. The van der Waals surface area contributed by atoms with Crippen LogP contribution in [-0.4, -0.2) is 9.78 Å². The van der Waals surface area contributed by atoms with Gasteiger partial charge in [-0.25, -0.2) is 0 Å². The van der Waals surface area contributed by atoms with Gasteiger partial charge in [0.1, 0.15) is 0 Å². The Hall–Kier alpha value is -1.09. The first kappa shape index (κ1) is 10.4. The van der Waals surface area contributed by atoms with Crippen LogP contribution in [0.2, 0.25) is 0 Å². The summed E-state index contributed by atoms with van der Waals surface area (Å²) in [6, 6.07) is 8.37. The standard InChI is InChI=1S/C12H13BrN2/c1-2-10-8-12(13)5-4-11(10)9-15-7-3-6-14-15/h3-8H,2,9H2,1H3. The zero-order chi connectivity index (χ0) is 10.7. The predicted octanol–water partition coefficient (Wildman–Crippen LogP) is 3.26. The first-order chi connectivity index (χ1) is 7.29. The molecule has 0 aliphatic heterocycles. The molecule has 2 nitrogen and oxygen atoms in total. The van der Waals surface area contributed by atoms with Crippen molar-refractivity contribution in [3.05, 3.63) is 52.3 Å². The molecule has 0 unspecified atom stereocenters. The maximum absolute atomic E-state index is 4.21. The van der Waals surface area contributed by atoms with Crippen molar-refractivity contribution in [3.8, 4) is 0 Å². The Bertz CT molecular complexity index is 435. The van der Waals surface area contributed by atoms with Crippen LogP contribution < -0.4 is 0 Å². The Morgan fingerprint density at radius 1 is 1.33 bits per heavy atom. The van der Waals surface area contributed by atoms with E-state index in [-0.39, 0.29) is 0 Å². The van der Waals surface area contributed by atoms with Gasteiger partial charge in [0.25, 0.3) is 0 Å². The van der Waals surface area contributed by atoms with E-state index < -0.39 is 0 Å². The van der Waals surface area contributed by atoms with E-state index in [0.717, 1.165) is 17.4 Å². The highest BCUT2D eigenvalue weighted by molar-refractivity contribution is 9.10. The van der Waals surface area contributed by atoms with Gasteiger partial charge in [0.05, 0.1) is 6.54 Å². The molecule has 1 heterocycles. The summed E-state index contributed by atoms with van der Waals surface area (Å²) in [7, 11) is 0. The van der Waals surface area contributed by atoms with Gasteiger partial charge < -0.3 is 0 Å². The number of nitrogens with zero attached hydrogens (tertiary/aromatic N) is 2. The molecular formula is C12H13BrN2. The Labute approximate surface area is 98.1 Å². The third kappa shape index (κ3) is 2.48. The molecule has 0 atom stereocenters. The van der Waals surface area contributed by atoms with E-state index in [1.807, 2.05) is 23.1 Å². The second kappa shape index (κ2) is 4.62. The van der Waals surface area contributed by atoms with Gasteiger partial charge in [-0.15, -0.1) is 0 Å². The summed E-state index contributed by atoms with van der Waals surface area (Å²) in [6.45, 7) is 3.03. The zero-order valence-corrected chi connectivity index (χ0v) is 10.2. The lowest BCUT2D eigenvalue weighted by atomic mass is 10.1. The van der Waals surface area contributed by atoms with Crippen LogP contribution in [-0.2, 0) is 13.0 Å². The lowest BCUT2D eigenvalue weighted by Gasteiger charge is -2.08. The van der Waals surface area contributed by atoms with E-state index >= 15 is 0 Å². The second-order valence-corrected chi connectivity index (χ2v) is 4.39. The largest absolute Gasteiger partial charge is 0.268 e. The van der Waals surface area contributed by atoms with Gasteiger partial charge in [-0.2, -0.15) is 5.10 Å². The molecule has 2 aromatic rings. The average Bonchev–Trinajstić information content (AvgIpc) is 2.73. The molecular weight excluding hydrogens is 252 g/mol. The molecule has 0 amide bonds. The minimum atomic E-state index is 0.851. The van der Waals surface area contributed by atoms with Crippen LogP contribution in [0.4, 0.5) is 0 Å². The zero-order valence-electron chi connectivity index (χ0n) is 8.65. The Balaban J connectivity index is 2.28. The van der Waals surface area contributed by atoms with Crippen LogP contribution in [0, 0.1) is 0 Å². The third-order valence-electron chi connectivity index (χ3n) is 2.44. The number of hydrogen-bond acceptors (Lipinski definition) is 1. The summed E-state index contributed by atoms with van der Waals surface area (Å²) >= 11 is 3.49. The maximum atomic E-state index is 4.21. The van der Waals surface area contributed by atoms with Gasteiger partial charge in [-0.1, -0.05) is 28.9 Å². The van der Waals surface area contributed by atoms with Gasteiger partial charge in [0.2, 0.25) is 0 Å². The van der Waals surface area contributed by atoms with Crippen molar-refractivity contribution >= 4 is 15.9 Å². The fraction of sp³-hybridized carbons (Fsp3) is 0.250. The van der Waals surface area contributed by atoms with Crippen molar-refractivity contribution in [1.82, 2.24) is 9.78 Å². The molecule has 0 radical (unpaired) electrons. The molecule has 1 aromatic heterocycles. The van der Waals surface area contributed by atoms with E-state index in [1.54, 1.807) is 0 Å². The van der Waals surface area contributed by atoms with E-state index in [1.165, 1.54) is 11.1 Å². The molecule has 3 heteroatoms. The van der Waals surface area contributed by atoms with E-state index in [0.29, 0.717) is 0 Å². The Morgan fingerprint density at radius 2 is 2.20 bits per heavy atom. The second-order valence-electron chi connectivity index (χ2n) is 3.47. The first-order valence-corrected chi connectivity index (χ1v) is 5.83. The van der Waals surface area contributed by atoms with Crippen molar-refractivity contribution in [2.24, 2.45) is 0 Å². The Kier molecular flexibility index (Phi) is 3.21. The molecule has 0 spiro atoms. The first-order valence-electron chi connectivity index (χ1n) is 5.04. The van der Waals surface area contributed by atoms with Gasteiger partial charge in [-0.3, -0.25) is 4.68 Å². The molecule has 0 saturated carbocycles. The average molecular weight is 265 g/mol. The normalized spacial score (nSPS) is 10.5. The van der Waals surface area contributed by atoms with E-state index in [9.17, 15) is 0 Å². The molecule has 0 aliphatic rings. The van der Waals surface area contributed by atoms with Gasteiger partial charge in [0.15, 0.2) is 0 Å². The van der Waals surface area contributed by atoms with Crippen molar-refractivity contribution in [3.63, 3.8) is 0 Å². The van der Waals surface area contributed by atoms with Crippen molar-refractivity contribution < 1.29 is 0 Å². The number of aryl methyl sites for hydroxylation is 1. The highest BCUT2D eigenvalue weighted by Gasteiger charge is 2.02. The van der Waals surface area contributed by atoms with Crippen LogP contribution in [0.15, 0.2) is 41.1 Å². The number of benzene rings is 1. The lowest BCUT2D eigenvalue weighted by Crippen LogP contribution is -2.02. The van der Waals surface area contributed by atoms with Crippen LogP contribution in [0.3, 0.4) is 0 Å². The van der Waals surface area contributed by atoms with Gasteiger partial charge >= 0.3 is 0 Å². The number of halogens is 1. The molecule has 78 valence electrons. The maximum Gasteiger partial charge on any atom is 0.0662 e. The predicted molar refractivity (Wildman–Crippen MR) is 64.8 cm³/mol.